The lowest BCUT2D eigenvalue weighted by atomic mass is 9.99. The van der Waals surface area contributed by atoms with Gasteiger partial charge in [0.05, 0.1) is 0 Å². The van der Waals surface area contributed by atoms with Crippen LogP contribution < -0.4 is 5.73 Å². The third-order valence-corrected chi connectivity index (χ3v) is 3.11. The molecule has 1 nitrogen and oxygen atoms in total. The van der Waals surface area contributed by atoms with E-state index >= 15 is 0 Å². The summed E-state index contributed by atoms with van der Waals surface area (Å²) in [6.07, 6.45) is 3.49. The Kier molecular flexibility index (Phi) is 2.31. The first kappa shape index (κ1) is 9.04. The standard InChI is InChI=1S/C11H14ClN/c1-7(13)8-5-6-11(12)10-4-2-3-9(8)10/h5-7H,2-4,13H2,1H3/t7-/m1/s1. The lowest BCUT2D eigenvalue weighted by Crippen LogP contribution is -2.08. The summed E-state index contributed by atoms with van der Waals surface area (Å²) in [5.74, 6) is 0. The maximum atomic E-state index is 6.11. The maximum Gasteiger partial charge on any atom is 0.0440 e. The van der Waals surface area contributed by atoms with Crippen LogP contribution in [-0.4, -0.2) is 0 Å². The molecule has 1 aromatic rings. The molecule has 1 aliphatic rings. The second kappa shape index (κ2) is 3.32. The Morgan fingerprint density at radius 2 is 2.00 bits per heavy atom. The molecule has 2 rings (SSSR count). The Morgan fingerprint density at radius 3 is 2.69 bits per heavy atom. The molecule has 0 aromatic heterocycles. The Labute approximate surface area is 83.9 Å². The zero-order chi connectivity index (χ0) is 9.42. The molecule has 0 spiro atoms. The Balaban J connectivity index is 2.56. The number of fused-ring (bicyclic) bond motifs is 1. The number of nitrogens with two attached hydrogens (primary N) is 1. The fraction of sp³-hybridized carbons (Fsp3) is 0.455. The quantitative estimate of drug-likeness (QED) is 0.733. The van der Waals surface area contributed by atoms with Crippen LogP contribution in [0.25, 0.3) is 0 Å². The van der Waals surface area contributed by atoms with Crippen molar-refractivity contribution < 1.29 is 0 Å². The van der Waals surface area contributed by atoms with Gasteiger partial charge in [0, 0.05) is 11.1 Å². The Morgan fingerprint density at radius 1 is 1.31 bits per heavy atom. The minimum absolute atomic E-state index is 0.129. The van der Waals surface area contributed by atoms with Crippen LogP contribution in [0.2, 0.25) is 5.02 Å². The van der Waals surface area contributed by atoms with Crippen molar-refractivity contribution in [2.24, 2.45) is 5.73 Å². The van der Waals surface area contributed by atoms with Crippen LogP contribution in [0.1, 0.15) is 36.1 Å². The molecular formula is C11H14ClN. The molecule has 13 heavy (non-hydrogen) atoms. The third-order valence-electron chi connectivity index (χ3n) is 2.75. The molecular weight excluding hydrogens is 182 g/mol. The summed E-state index contributed by atoms with van der Waals surface area (Å²) < 4.78 is 0. The molecule has 0 heterocycles. The van der Waals surface area contributed by atoms with E-state index in [4.69, 9.17) is 17.3 Å². The molecule has 0 unspecified atom stereocenters. The van der Waals surface area contributed by atoms with Gasteiger partial charge in [-0.25, -0.2) is 0 Å². The van der Waals surface area contributed by atoms with Crippen LogP contribution in [0.15, 0.2) is 12.1 Å². The first-order valence-electron chi connectivity index (χ1n) is 4.76. The number of hydrogen-bond donors (Lipinski definition) is 1. The summed E-state index contributed by atoms with van der Waals surface area (Å²) >= 11 is 6.11. The van der Waals surface area contributed by atoms with Crippen LogP contribution in [0.3, 0.4) is 0 Å². The summed E-state index contributed by atoms with van der Waals surface area (Å²) in [6.45, 7) is 2.03. The zero-order valence-electron chi connectivity index (χ0n) is 7.81. The van der Waals surface area contributed by atoms with Crippen LogP contribution in [0, 0.1) is 0 Å². The molecule has 0 amide bonds. The summed E-state index contributed by atoms with van der Waals surface area (Å²) in [7, 11) is 0. The predicted molar refractivity (Wildman–Crippen MR) is 56.1 cm³/mol. The van der Waals surface area contributed by atoms with Gasteiger partial charge >= 0.3 is 0 Å². The minimum Gasteiger partial charge on any atom is -0.324 e. The van der Waals surface area contributed by atoms with E-state index in [1.165, 1.54) is 23.1 Å². The van der Waals surface area contributed by atoms with E-state index in [0.717, 1.165) is 17.9 Å². The fourth-order valence-electron chi connectivity index (χ4n) is 2.12. The largest absolute Gasteiger partial charge is 0.324 e. The van der Waals surface area contributed by atoms with Crippen molar-refractivity contribution in [3.8, 4) is 0 Å². The SMILES string of the molecule is C[C@@H](N)c1ccc(Cl)c2c1CCC2. The summed E-state index contributed by atoms with van der Waals surface area (Å²) in [5.41, 5.74) is 9.90. The molecule has 70 valence electrons. The highest BCUT2D eigenvalue weighted by molar-refractivity contribution is 6.31. The van der Waals surface area contributed by atoms with Gasteiger partial charge in [-0.05, 0) is 48.9 Å². The lowest BCUT2D eigenvalue weighted by molar-refractivity contribution is 0.799. The van der Waals surface area contributed by atoms with Crippen molar-refractivity contribution in [3.63, 3.8) is 0 Å². The van der Waals surface area contributed by atoms with Gasteiger partial charge in [-0.3, -0.25) is 0 Å². The summed E-state index contributed by atoms with van der Waals surface area (Å²) in [4.78, 5) is 0. The molecule has 0 saturated carbocycles. The van der Waals surface area contributed by atoms with Crippen molar-refractivity contribution in [3.05, 3.63) is 33.8 Å². The Hall–Kier alpha value is -0.530. The molecule has 2 N–H and O–H groups in total. The zero-order valence-corrected chi connectivity index (χ0v) is 8.56. The van der Waals surface area contributed by atoms with E-state index in [9.17, 15) is 0 Å². The smallest absolute Gasteiger partial charge is 0.0440 e. The van der Waals surface area contributed by atoms with Gasteiger partial charge in [-0.1, -0.05) is 17.7 Å². The molecule has 1 aromatic carbocycles. The van der Waals surface area contributed by atoms with Gasteiger partial charge < -0.3 is 5.73 Å². The first-order valence-corrected chi connectivity index (χ1v) is 5.13. The maximum absolute atomic E-state index is 6.11. The number of halogens is 1. The van der Waals surface area contributed by atoms with E-state index in [-0.39, 0.29) is 6.04 Å². The van der Waals surface area contributed by atoms with E-state index in [0.29, 0.717) is 0 Å². The average Bonchev–Trinajstić information content (AvgIpc) is 2.53. The van der Waals surface area contributed by atoms with Crippen LogP contribution >= 0.6 is 11.6 Å². The van der Waals surface area contributed by atoms with E-state index in [1.807, 2.05) is 13.0 Å². The van der Waals surface area contributed by atoms with Crippen molar-refractivity contribution in [1.29, 1.82) is 0 Å². The highest BCUT2D eigenvalue weighted by Crippen LogP contribution is 2.33. The number of hydrogen-bond acceptors (Lipinski definition) is 1. The molecule has 0 bridgehead atoms. The number of benzene rings is 1. The molecule has 0 saturated heterocycles. The normalized spacial score (nSPS) is 17.2. The fourth-order valence-corrected chi connectivity index (χ4v) is 2.39. The molecule has 0 aliphatic heterocycles. The van der Waals surface area contributed by atoms with Gasteiger partial charge in [0.2, 0.25) is 0 Å². The molecule has 0 fully saturated rings. The van der Waals surface area contributed by atoms with E-state index in [2.05, 4.69) is 6.07 Å². The first-order chi connectivity index (χ1) is 6.20. The Bertz CT molecular complexity index is 331. The summed E-state index contributed by atoms with van der Waals surface area (Å²) in [5, 5.41) is 0.914. The van der Waals surface area contributed by atoms with E-state index < -0.39 is 0 Å². The second-order valence-electron chi connectivity index (χ2n) is 3.74. The van der Waals surface area contributed by atoms with Gasteiger partial charge in [0.1, 0.15) is 0 Å². The molecule has 2 heteroatoms. The highest BCUT2D eigenvalue weighted by atomic mass is 35.5. The number of rotatable bonds is 1. The van der Waals surface area contributed by atoms with Crippen molar-refractivity contribution >= 4 is 11.6 Å². The lowest BCUT2D eigenvalue weighted by Gasteiger charge is -2.12. The molecule has 0 radical (unpaired) electrons. The highest BCUT2D eigenvalue weighted by Gasteiger charge is 2.18. The topological polar surface area (TPSA) is 26.0 Å². The van der Waals surface area contributed by atoms with Crippen molar-refractivity contribution in [2.45, 2.75) is 32.2 Å². The second-order valence-corrected chi connectivity index (χ2v) is 4.14. The van der Waals surface area contributed by atoms with E-state index in [1.54, 1.807) is 0 Å². The minimum atomic E-state index is 0.129. The summed E-state index contributed by atoms with van der Waals surface area (Å²) in [6, 6.07) is 4.17. The van der Waals surface area contributed by atoms with Crippen LogP contribution in [-0.2, 0) is 12.8 Å². The van der Waals surface area contributed by atoms with Crippen LogP contribution in [0.4, 0.5) is 0 Å². The third kappa shape index (κ3) is 1.47. The van der Waals surface area contributed by atoms with Gasteiger partial charge in [-0.2, -0.15) is 0 Å². The molecule has 1 atom stereocenters. The van der Waals surface area contributed by atoms with Gasteiger partial charge in [0.25, 0.3) is 0 Å². The monoisotopic (exact) mass is 195 g/mol. The van der Waals surface area contributed by atoms with Gasteiger partial charge in [0.15, 0.2) is 0 Å². The van der Waals surface area contributed by atoms with Crippen molar-refractivity contribution in [1.82, 2.24) is 0 Å². The van der Waals surface area contributed by atoms with Crippen molar-refractivity contribution in [2.75, 3.05) is 0 Å². The molecule has 1 aliphatic carbocycles. The average molecular weight is 196 g/mol. The predicted octanol–water partition coefficient (Wildman–Crippen LogP) is 2.85. The van der Waals surface area contributed by atoms with Gasteiger partial charge in [-0.15, -0.1) is 0 Å². The van der Waals surface area contributed by atoms with Crippen LogP contribution in [0.5, 0.6) is 0 Å².